The Kier molecular flexibility index (Phi) is 5.77. The van der Waals surface area contributed by atoms with Gasteiger partial charge in [-0.25, -0.2) is 9.36 Å². The number of nitrogens with zero attached hydrogens (tertiary/aromatic N) is 4. The van der Waals surface area contributed by atoms with Gasteiger partial charge in [0, 0.05) is 6.54 Å². The predicted octanol–water partition coefficient (Wildman–Crippen LogP) is 3.09. The minimum absolute atomic E-state index is 0.290. The molecule has 0 aliphatic carbocycles. The van der Waals surface area contributed by atoms with E-state index in [0.29, 0.717) is 28.8 Å². The number of nitrogens with one attached hydrogen (secondary N) is 1. The van der Waals surface area contributed by atoms with Crippen molar-refractivity contribution in [3.05, 3.63) is 81.9 Å². The highest BCUT2D eigenvalue weighted by Crippen LogP contribution is 2.20. The number of carbonyl (C=O) groups is 1. The van der Waals surface area contributed by atoms with Gasteiger partial charge in [0.2, 0.25) is 5.91 Å². The maximum atomic E-state index is 13.3. The Bertz CT molecular complexity index is 1320. The standard InChI is InChI=1S/C24H25N5O3/c1-15-22-21(16(2)28(27-22)19-8-6-5-7-9-19)24(31)29(26-15)17(3)23(30)25-14-18-10-12-20(32-4)13-11-18/h5-13,17H,14H2,1-4H3,(H,25,30)/t17-/m0/s1. The molecule has 32 heavy (non-hydrogen) atoms. The molecule has 1 amide bonds. The van der Waals surface area contributed by atoms with Crippen LogP contribution in [0.1, 0.15) is 29.9 Å². The number of para-hydroxylation sites is 1. The molecule has 8 heteroatoms. The van der Waals surface area contributed by atoms with Gasteiger partial charge in [-0.05, 0) is 50.6 Å². The number of ether oxygens (including phenoxy) is 1. The quantitative estimate of drug-likeness (QED) is 0.507. The topological polar surface area (TPSA) is 91.0 Å². The van der Waals surface area contributed by atoms with Crippen molar-refractivity contribution >= 4 is 16.8 Å². The molecule has 0 aliphatic heterocycles. The fourth-order valence-electron chi connectivity index (χ4n) is 3.65. The average Bonchev–Trinajstić information content (AvgIpc) is 3.18. The van der Waals surface area contributed by atoms with Crippen molar-refractivity contribution in [1.29, 1.82) is 0 Å². The highest BCUT2D eigenvalue weighted by atomic mass is 16.5. The van der Waals surface area contributed by atoms with E-state index in [9.17, 15) is 9.59 Å². The van der Waals surface area contributed by atoms with Crippen LogP contribution in [0.3, 0.4) is 0 Å². The van der Waals surface area contributed by atoms with Gasteiger partial charge < -0.3 is 10.1 Å². The molecule has 1 atom stereocenters. The maximum Gasteiger partial charge on any atom is 0.278 e. The first-order chi connectivity index (χ1) is 15.4. The molecule has 0 fully saturated rings. The summed E-state index contributed by atoms with van der Waals surface area (Å²) in [6.45, 7) is 5.65. The summed E-state index contributed by atoms with van der Waals surface area (Å²) < 4.78 is 8.13. The van der Waals surface area contributed by atoms with Gasteiger partial charge in [0.25, 0.3) is 5.56 Å². The second-order valence-electron chi connectivity index (χ2n) is 7.63. The van der Waals surface area contributed by atoms with E-state index in [4.69, 9.17) is 4.74 Å². The van der Waals surface area contributed by atoms with Crippen LogP contribution in [0, 0.1) is 13.8 Å². The zero-order chi connectivity index (χ0) is 22.8. The zero-order valence-corrected chi connectivity index (χ0v) is 18.5. The Morgan fingerprint density at radius 1 is 1.06 bits per heavy atom. The van der Waals surface area contributed by atoms with E-state index >= 15 is 0 Å². The second kappa shape index (κ2) is 8.66. The van der Waals surface area contributed by atoms with Gasteiger partial charge >= 0.3 is 0 Å². The monoisotopic (exact) mass is 431 g/mol. The summed E-state index contributed by atoms with van der Waals surface area (Å²) in [5, 5.41) is 12.4. The molecule has 2 heterocycles. The fourth-order valence-corrected chi connectivity index (χ4v) is 3.65. The molecule has 0 saturated carbocycles. The van der Waals surface area contributed by atoms with Crippen molar-refractivity contribution in [3.8, 4) is 11.4 Å². The Morgan fingerprint density at radius 2 is 1.75 bits per heavy atom. The Balaban J connectivity index is 1.63. The van der Waals surface area contributed by atoms with Crippen LogP contribution in [0.25, 0.3) is 16.6 Å². The smallest absolute Gasteiger partial charge is 0.278 e. The molecule has 4 aromatic rings. The number of benzene rings is 2. The van der Waals surface area contributed by atoms with E-state index < -0.39 is 6.04 Å². The number of amides is 1. The summed E-state index contributed by atoms with van der Waals surface area (Å²) in [6.07, 6.45) is 0. The van der Waals surface area contributed by atoms with Crippen LogP contribution in [0.4, 0.5) is 0 Å². The molecule has 0 saturated heterocycles. The normalized spacial score (nSPS) is 12.0. The molecule has 0 bridgehead atoms. The summed E-state index contributed by atoms with van der Waals surface area (Å²) >= 11 is 0. The molecule has 4 rings (SSSR count). The second-order valence-corrected chi connectivity index (χ2v) is 7.63. The molecular formula is C24H25N5O3. The predicted molar refractivity (Wildman–Crippen MR) is 122 cm³/mol. The summed E-state index contributed by atoms with van der Waals surface area (Å²) in [6, 6.07) is 16.3. The number of methoxy groups -OCH3 is 1. The summed E-state index contributed by atoms with van der Waals surface area (Å²) in [5.41, 5.74) is 3.29. The molecule has 164 valence electrons. The van der Waals surface area contributed by atoms with Crippen molar-refractivity contribution < 1.29 is 9.53 Å². The molecule has 0 spiro atoms. The van der Waals surface area contributed by atoms with E-state index in [1.165, 1.54) is 4.68 Å². The molecule has 0 unspecified atom stereocenters. The Hall–Kier alpha value is -3.94. The molecule has 0 radical (unpaired) electrons. The van der Waals surface area contributed by atoms with Gasteiger partial charge in [-0.3, -0.25) is 9.59 Å². The Labute approximate surface area is 185 Å². The lowest BCUT2D eigenvalue weighted by Crippen LogP contribution is -2.37. The molecule has 2 aromatic heterocycles. The van der Waals surface area contributed by atoms with Crippen molar-refractivity contribution in [2.75, 3.05) is 7.11 Å². The lowest BCUT2D eigenvalue weighted by atomic mass is 10.2. The SMILES string of the molecule is COc1ccc(CNC(=O)[C@H](C)n2nc(C)c3nn(-c4ccccc4)c(C)c3c2=O)cc1. The van der Waals surface area contributed by atoms with Crippen LogP contribution in [0.15, 0.2) is 59.4 Å². The number of aromatic nitrogens is 4. The minimum Gasteiger partial charge on any atom is -0.497 e. The summed E-state index contributed by atoms with van der Waals surface area (Å²) in [5.74, 6) is 0.460. The van der Waals surface area contributed by atoms with E-state index in [1.54, 1.807) is 25.6 Å². The van der Waals surface area contributed by atoms with Gasteiger partial charge in [-0.15, -0.1) is 0 Å². The lowest BCUT2D eigenvalue weighted by Gasteiger charge is -2.15. The van der Waals surface area contributed by atoms with Crippen LogP contribution in [0.5, 0.6) is 5.75 Å². The third-order valence-corrected chi connectivity index (χ3v) is 5.51. The molecule has 0 aliphatic rings. The van der Waals surface area contributed by atoms with Crippen LogP contribution in [-0.2, 0) is 11.3 Å². The van der Waals surface area contributed by atoms with Crippen molar-refractivity contribution in [2.45, 2.75) is 33.4 Å². The molecular weight excluding hydrogens is 406 g/mol. The van der Waals surface area contributed by atoms with Gasteiger partial charge in [0.05, 0.1) is 29.6 Å². The van der Waals surface area contributed by atoms with E-state index in [0.717, 1.165) is 17.0 Å². The third kappa shape index (κ3) is 3.87. The molecule has 1 N–H and O–H groups in total. The summed E-state index contributed by atoms with van der Waals surface area (Å²) in [4.78, 5) is 26.1. The third-order valence-electron chi connectivity index (χ3n) is 5.51. The summed E-state index contributed by atoms with van der Waals surface area (Å²) in [7, 11) is 1.60. The van der Waals surface area contributed by atoms with Crippen molar-refractivity contribution in [3.63, 3.8) is 0 Å². The first-order valence-corrected chi connectivity index (χ1v) is 10.4. The van der Waals surface area contributed by atoms with Crippen LogP contribution < -0.4 is 15.6 Å². The van der Waals surface area contributed by atoms with Crippen molar-refractivity contribution in [2.24, 2.45) is 0 Å². The van der Waals surface area contributed by atoms with E-state index in [2.05, 4.69) is 15.5 Å². The molecule has 8 nitrogen and oxygen atoms in total. The van der Waals surface area contributed by atoms with E-state index in [1.807, 2.05) is 61.5 Å². The minimum atomic E-state index is -0.775. The van der Waals surface area contributed by atoms with Gasteiger partial charge in [-0.1, -0.05) is 30.3 Å². The highest BCUT2D eigenvalue weighted by Gasteiger charge is 2.23. The van der Waals surface area contributed by atoms with Crippen LogP contribution >= 0.6 is 0 Å². The molecule has 2 aromatic carbocycles. The first-order valence-electron chi connectivity index (χ1n) is 10.4. The van der Waals surface area contributed by atoms with Gasteiger partial charge in [0.15, 0.2) is 0 Å². The first kappa shape index (κ1) is 21.3. The van der Waals surface area contributed by atoms with Crippen LogP contribution in [0.2, 0.25) is 0 Å². The van der Waals surface area contributed by atoms with Crippen molar-refractivity contribution in [1.82, 2.24) is 24.9 Å². The number of fused-ring (bicyclic) bond motifs is 1. The van der Waals surface area contributed by atoms with Crippen LogP contribution in [-0.4, -0.2) is 32.6 Å². The number of hydrogen-bond donors (Lipinski definition) is 1. The lowest BCUT2D eigenvalue weighted by molar-refractivity contribution is -0.124. The average molecular weight is 431 g/mol. The number of carbonyl (C=O) groups excluding carboxylic acids is 1. The maximum absolute atomic E-state index is 13.3. The fraction of sp³-hybridized carbons (Fsp3) is 0.250. The van der Waals surface area contributed by atoms with E-state index in [-0.39, 0.29) is 11.5 Å². The highest BCUT2D eigenvalue weighted by molar-refractivity contribution is 5.84. The number of rotatable bonds is 6. The zero-order valence-electron chi connectivity index (χ0n) is 18.5. The largest absolute Gasteiger partial charge is 0.497 e. The number of hydrogen-bond acceptors (Lipinski definition) is 5. The van der Waals surface area contributed by atoms with Gasteiger partial charge in [0.1, 0.15) is 17.3 Å². The number of aryl methyl sites for hydroxylation is 2. The Morgan fingerprint density at radius 3 is 2.41 bits per heavy atom. The van der Waals surface area contributed by atoms with Gasteiger partial charge in [-0.2, -0.15) is 10.2 Å².